The number of rotatable bonds is 5. The predicted octanol–water partition coefficient (Wildman–Crippen LogP) is -0.0929. The van der Waals surface area contributed by atoms with Crippen LogP contribution < -0.4 is 20.9 Å². The summed E-state index contributed by atoms with van der Waals surface area (Å²) in [6.45, 7) is 3.22. The molecule has 1 aromatic heterocycles. The normalized spacial score (nSPS) is 19.3. The van der Waals surface area contributed by atoms with E-state index < -0.39 is 0 Å². The number of hydrazine groups is 1. The van der Waals surface area contributed by atoms with Crippen LogP contribution in [0, 0.1) is 0 Å². The summed E-state index contributed by atoms with van der Waals surface area (Å²) in [5.41, 5.74) is 2.41. The summed E-state index contributed by atoms with van der Waals surface area (Å²) >= 11 is 0. The zero-order chi connectivity index (χ0) is 13.7. The van der Waals surface area contributed by atoms with Gasteiger partial charge in [0.2, 0.25) is 11.9 Å². The molecule has 2 heterocycles. The summed E-state index contributed by atoms with van der Waals surface area (Å²) in [7, 11) is 0. The first kappa shape index (κ1) is 13.8. The first-order chi connectivity index (χ1) is 9.28. The molecular weight excluding hydrogens is 248 g/mol. The van der Waals surface area contributed by atoms with Crippen molar-refractivity contribution in [3.63, 3.8) is 0 Å². The first-order valence-electron chi connectivity index (χ1n) is 6.51. The molecule has 8 heteroatoms. The van der Waals surface area contributed by atoms with Crippen LogP contribution in [0.2, 0.25) is 0 Å². The zero-order valence-electron chi connectivity index (χ0n) is 11.0. The average Bonchev–Trinajstić information content (AvgIpc) is 2.47. The molecule has 1 atom stereocenters. The summed E-state index contributed by atoms with van der Waals surface area (Å²) in [6, 6.07) is 0.277. The SMILES string of the molecule is CCOc1nc(NN)nc(N2CCCCC2CO)n1. The molecular formula is C11H20N6O2. The topological polar surface area (TPSA) is 109 Å². The van der Waals surface area contributed by atoms with Crippen LogP contribution >= 0.6 is 0 Å². The van der Waals surface area contributed by atoms with E-state index in [4.69, 9.17) is 10.6 Å². The molecule has 1 aliphatic rings. The monoisotopic (exact) mass is 268 g/mol. The molecule has 0 radical (unpaired) electrons. The van der Waals surface area contributed by atoms with Crippen molar-refractivity contribution in [2.75, 3.05) is 30.1 Å². The Morgan fingerprint density at radius 3 is 2.95 bits per heavy atom. The Bertz CT molecular complexity index is 416. The Kier molecular flexibility index (Phi) is 4.69. The van der Waals surface area contributed by atoms with Crippen LogP contribution in [-0.4, -0.2) is 45.9 Å². The van der Waals surface area contributed by atoms with E-state index in [1.807, 2.05) is 11.8 Å². The van der Waals surface area contributed by atoms with Crippen molar-refractivity contribution >= 4 is 11.9 Å². The molecule has 8 nitrogen and oxygen atoms in total. The Balaban J connectivity index is 2.28. The molecule has 19 heavy (non-hydrogen) atoms. The van der Waals surface area contributed by atoms with Gasteiger partial charge in [-0.15, -0.1) is 0 Å². The van der Waals surface area contributed by atoms with Gasteiger partial charge in [0.05, 0.1) is 19.3 Å². The number of nitrogen functional groups attached to an aromatic ring is 1. The highest BCUT2D eigenvalue weighted by atomic mass is 16.5. The predicted molar refractivity (Wildman–Crippen MR) is 70.9 cm³/mol. The Morgan fingerprint density at radius 2 is 2.26 bits per heavy atom. The lowest BCUT2D eigenvalue weighted by Gasteiger charge is -2.34. The molecule has 4 N–H and O–H groups in total. The van der Waals surface area contributed by atoms with Crippen molar-refractivity contribution in [3.8, 4) is 6.01 Å². The van der Waals surface area contributed by atoms with E-state index in [-0.39, 0.29) is 24.6 Å². The highest BCUT2D eigenvalue weighted by Crippen LogP contribution is 2.23. The van der Waals surface area contributed by atoms with E-state index >= 15 is 0 Å². The Labute approximate surface area is 112 Å². The minimum absolute atomic E-state index is 0.0382. The van der Waals surface area contributed by atoms with E-state index in [0.717, 1.165) is 25.8 Å². The third-order valence-electron chi connectivity index (χ3n) is 3.10. The van der Waals surface area contributed by atoms with Crippen molar-refractivity contribution in [1.82, 2.24) is 15.0 Å². The summed E-state index contributed by atoms with van der Waals surface area (Å²) < 4.78 is 5.30. The van der Waals surface area contributed by atoms with E-state index in [1.165, 1.54) is 0 Å². The highest BCUT2D eigenvalue weighted by Gasteiger charge is 2.25. The molecule has 0 amide bonds. The highest BCUT2D eigenvalue weighted by molar-refractivity contribution is 5.39. The van der Waals surface area contributed by atoms with Gasteiger partial charge in [0.1, 0.15) is 0 Å². The fourth-order valence-electron chi connectivity index (χ4n) is 2.19. The van der Waals surface area contributed by atoms with Crippen molar-refractivity contribution < 1.29 is 9.84 Å². The number of nitrogens with zero attached hydrogens (tertiary/aromatic N) is 4. The fraction of sp³-hybridized carbons (Fsp3) is 0.727. The molecule has 106 valence electrons. The second-order valence-corrected chi connectivity index (χ2v) is 4.34. The number of hydrogen-bond acceptors (Lipinski definition) is 8. The summed E-state index contributed by atoms with van der Waals surface area (Å²) in [4.78, 5) is 14.5. The third-order valence-corrected chi connectivity index (χ3v) is 3.10. The average molecular weight is 268 g/mol. The second kappa shape index (κ2) is 6.48. The summed E-state index contributed by atoms with van der Waals surface area (Å²) in [5, 5.41) is 9.44. The smallest absolute Gasteiger partial charge is 0.323 e. The number of nitrogens with two attached hydrogens (primary N) is 1. The van der Waals surface area contributed by atoms with Crippen LogP contribution in [0.4, 0.5) is 11.9 Å². The summed E-state index contributed by atoms with van der Waals surface area (Å²) in [6.07, 6.45) is 3.09. The molecule has 0 aliphatic carbocycles. The molecule has 1 aliphatic heterocycles. The third kappa shape index (κ3) is 3.21. The number of piperidine rings is 1. The number of aliphatic hydroxyl groups is 1. The van der Waals surface area contributed by atoms with Crippen LogP contribution in [0.1, 0.15) is 26.2 Å². The number of anilines is 2. The molecule has 1 aromatic rings. The Hall–Kier alpha value is -1.67. The van der Waals surface area contributed by atoms with Crippen LogP contribution in [0.3, 0.4) is 0 Å². The van der Waals surface area contributed by atoms with Crippen LogP contribution in [0.5, 0.6) is 6.01 Å². The molecule has 0 spiro atoms. The Morgan fingerprint density at radius 1 is 1.42 bits per heavy atom. The molecule has 1 saturated heterocycles. The van der Waals surface area contributed by atoms with Crippen molar-refractivity contribution in [2.24, 2.45) is 5.84 Å². The maximum atomic E-state index is 9.44. The first-order valence-corrected chi connectivity index (χ1v) is 6.51. The number of hydrogen-bond donors (Lipinski definition) is 3. The quantitative estimate of drug-likeness (QED) is 0.502. The molecule has 0 bridgehead atoms. The van der Waals surface area contributed by atoms with Gasteiger partial charge in [0.15, 0.2) is 0 Å². The summed E-state index contributed by atoms with van der Waals surface area (Å²) in [5.74, 6) is 6.11. The van der Waals surface area contributed by atoms with Gasteiger partial charge >= 0.3 is 6.01 Å². The maximum Gasteiger partial charge on any atom is 0.323 e. The van der Waals surface area contributed by atoms with Gasteiger partial charge in [-0.05, 0) is 26.2 Å². The van der Waals surface area contributed by atoms with E-state index in [2.05, 4.69) is 20.4 Å². The lowest BCUT2D eigenvalue weighted by atomic mass is 10.0. The lowest BCUT2D eigenvalue weighted by Crippen LogP contribution is -2.43. The minimum Gasteiger partial charge on any atom is -0.464 e. The zero-order valence-corrected chi connectivity index (χ0v) is 11.0. The molecule has 1 fully saturated rings. The van der Waals surface area contributed by atoms with Gasteiger partial charge < -0.3 is 14.7 Å². The van der Waals surface area contributed by atoms with Gasteiger partial charge in [-0.1, -0.05) is 0 Å². The number of aliphatic hydroxyl groups excluding tert-OH is 1. The van der Waals surface area contributed by atoms with Gasteiger partial charge in [-0.2, -0.15) is 15.0 Å². The van der Waals surface area contributed by atoms with Crippen LogP contribution in [-0.2, 0) is 0 Å². The molecule has 0 saturated carbocycles. The van der Waals surface area contributed by atoms with Gasteiger partial charge in [0, 0.05) is 6.54 Å². The van der Waals surface area contributed by atoms with E-state index in [9.17, 15) is 5.11 Å². The lowest BCUT2D eigenvalue weighted by molar-refractivity contribution is 0.238. The fourth-order valence-corrected chi connectivity index (χ4v) is 2.19. The maximum absolute atomic E-state index is 9.44. The van der Waals surface area contributed by atoms with Gasteiger partial charge in [-0.3, -0.25) is 5.43 Å². The standard InChI is InChI=1S/C11H20N6O2/c1-2-19-11-14-9(16-12)13-10(15-11)17-6-4-3-5-8(17)7-18/h8,18H,2-7,12H2,1H3,(H,13,14,15,16). The second-order valence-electron chi connectivity index (χ2n) is 4.34. The number of nitrogens with one attached hydrogen (secondary N) is 1. The number of aromatic nitrogens is 3. The van der Waals surface area contributed by atoms with Crippen molar-refractivity contribution in [3.05, 3.63) is 0 Å². The number of ether oxygens (including phenoxy) is 1. The van der Waals surface area contributed by atoms with Crippen LogP contribution in [0.25, 0.3) is 0 Å². The van der Waals surface area contributed by atoms with Crippen molar-refractivity contribution in [2.45, 2.75) is 32.2 Å². The van der Waals surface area contributed by atoms with E-state index in [0.29, 0.717) is 12.6 Å². The van der Waals surface area contributed by atoms with Gasteiger partial charge in [-0.25, -0.2) is 5.84 Å². The largest absolute Gasteiger partial charge is 0.464 e. The molecule has 2 rings (SSSR count). The minimum atomic E-state index is 0.0382. The molecule has 1 unspecified atom stereocenters. The van der Waals surface area contributed by atoms with Crippen molar-refractivity contribution in [1.29, 1.82) is 0 Å². The van der Waals surface area contributed by atoms with E-state index in [1.54, 1.807) is 0 Å². The van der Waals surface area contributed by atoms with Gasteiger partial charge in [0.25, 0.3) is 0 Å². The van der Waals surface area contributed by atoms with Crippen LogP contribution in [0.15, 0.2) is 0 Å². The molecule has 0 aromatic carbocycles.